The van der Waals surface area contributed by atoms with Crippen LogP contribution in [0, 0.1) is 0 Å². The van der Waals surface area contributed by atoms with Crippen LogP contribution in [0.25, 0.3) is 10.8 Å². The zero-order valence-corrected chi connectivity index (χ0v) is 16.4. The predicted molar refractivity (Wildman–Crippen MR) is 108 cm³/mol. The van der Waals surface area contributed by atoms with Gasteiger partial charge < -0.3 is 15.4 Å². The van der Waals surface area contributed by atoms with Crippen molar-refractivity contribution in [3.8, 4) is 0 Å². The van der Waals surface area contributed by atoms with Gasteiger partial charge in [-0.1, -0.05) is 48.5 Å². The number of carbonyl (C=O) groups is 3. The molecule has 3 aromatic rings. The van der Waals surface area contributed by atoms with Crippen molar-refractivity contribution in [2.75, 3.05) is 14.1 Å². The molecule has 9 heteroatoms. The number of aromatic nitrogens is 2. The smallest absolute Gasteiger partial charge is 0.329 e. The average molecular weight is 408 g/mol. The number of hydrogen-bond acceptors (Lipinski definition) is 6. The first kappa shape index (κ1) is 20.7. The number of benzene rings is 2. The van der Waals surface area contributed by atoms with Crippen LogP contribution in [0.5, 0.6) is 0 Å². The molecule has 1 heterocycles. The largest absolute Gasteiger partial charge is 0.446 e. The van der Waals surface area contributed by atoms with E-state index in [1.807, 2.05) is 0 Å². The Morgan fingerprint density at radius 2 is 1.63 bits per heavy atom. The summed E-state index contributed by atoms with van der Waals surface area (Å²) in [7, 11) is 3.08. The van der Waals surface area contributed by atoms with Crippen molar-refractivity contribution in [2.45, 2.75) is 12.6 Å². The SMILES string of the molecule is CN(C)C(=O)[C@@H](OC(=O)Cn1nc(C(N)=O)c2ccccc2c1=O)c1ccccc1. The predicted octanol–water partition coefficient (Wildman–Crippen LogP) is 0.868. The molecule has 9 nitrogen and oxygen atoms in total. The maximum absolute atomic E-state index is 12.7. The average Bonchev–Trinajstić information content (AvgIpc) is 2.74. The second-order valence-corrected chi connectivity index (χ2v) is 6.73. The summed E-state index contributed by atoms with van der Waals surface area (Å²) < 4.78 is 6.20. The Kier molecular flexibility index (Phi) is 5.91. The maximum Gasteiger partial charge on any atom is 0.329 e. The van der Waals surface area contributed by atoms with E-state index in [4.69, 9.17) is 10.5 Å². The van der Waals surface area contributed by atoms with E-state index in [1.165, 1.54) is 11.0 Å². The zero-order chi connectivity index (χ0) is 21.8. The molecule has 3 rings (SSSR count). The minimum Gasteiger partial charge on any atom is -0.446 e. The van der Waals surface area contributed by atoms with Crippen molar-refractivity contribution in [3.63, 3.8) is 0 Å². The molecular weight excluding hydrogens is 388 g/mol. The number of amides is 2. The molecule has 0 saturated heterocycles. The molecule has 0 spiro atoms. The van der Waals surface area contributed by atoms with Gasteiger partial charge in [0.1, 0.15) is 6.54 Å². The Morgan fingerprint density at radius 3 is 2.23 bits per heavy atom. The lowest BCUT2D eigenvalue weighted by molar-refractivity contribution is -0.160. The van der Waals surface area contributed by atoms with Crippen LogP contribution in [-0.4, -0.2) is 46.6 Å². The van der Waals surface area contributed by atoms with E-state index in [1.54, 1.807) is 62.6 Å². The fourth-order valence-corrected chi connectivity index (χ4v) is 2.94. The lowest BCUT2D eigenvalue weighted by Gasteiger charge is -2.21. The number of carbonyl (C=O) groups excluding carboxylic acids is 3. The van der Waals surface area contributed by atoms with E-state index in [2.05, 4.69) is 5.10 Å². The molecule has 0 fully saturated rings. The summed E-state index contributed by atoms with van der Waals surface area (Å²) in [5, 5.41) is 4.42. The molecule has 0 aliphatic rings. The van der Waals surface area contributed by atoms with Gasteiger partial charge >= 0.3 is 5.97 Å². The molecule has 2 amide bonds. The maximum atomic E-state index is 12.7. The summed E-state index contributed by atoms with van der Waals surface area (Å²) >= 11 is 0. The number of ether oxygens (including phenoxy) is 1. The summed E-state index contributed by atoms with van der Waals surface area (Å²) in [6.45, 7) is -0.589. The van der Waals surface area contributed by atoms with E-state index in [-0.39, 0.29) is 11.1 Å². The highest BCUT2D eigenvalue weighted by atomic mass is 16.5. The molecule has 0 aliphatic carbocycles. The Balaban J connectivity index is 1.94. The van der Waals surface area contributed by atoms with Crippen LogP contribution in [0.3, 0.4) is 0 Å². The van der Waals surface area contributed by atoms with Crippen LogP contribution >= 0.6 is 0 Å². The van der Waals surface area contributed by atoms with Gasteiger partial charge in [-0.05, 0) is 6.07 Å². The van der Waals surface area contributed by atoms with E-state index in [0.29, 0.717) is 10.9 Å². The Labute approximate surface area is 171 Å². The first-order chi connectivity index (χ1) is 14.3. The van der Waals surface area contributed by atoms with Crippen LogP contribution in [0.15, 0.2) is 59.4 Å². The number of primary amides is 1. The third kappa shape index (κ3) is 4.19. The van der Waals surface area contributed by atoms with Gasteiger partial charge in [-0.3, -0.25) is 19.2 Å². The number of esters is 1. The van der Waals surface area contributed by atoms with Crippen LogP contribution in [0.1, 0.15) is 22.2 Å². The minimum atomic E-state index is -1.18. The van der Waals surface area contributed by atoms with Gasteiger partial charge in [-0.2, -0.15) is 5.10 Å². The van der Waals surface area contributed by atoms with E-state index >= 15 is 0 Å². The van der Waals surface area contributed by atoms with Crippen molar-refractivity contribution in [1.82, 2.24) is 14.7 Å². The standard InChI is InChI=1S/C21H20N4O5/c1-24(2)21(29)18(13-8-4-3-5-9-13)30-16(26)12-25-20(28)15-11-7-6-10-14(15)17(23-25)19(22)27/h3-11,18H,12H2,1-2H3,(H2,22,27)/t18-/m0/s1. The summed E-state index contributed by atoms with van der Waals surface area (Å²) in [4.78, 5) is 50.9. The van der Waals surface area contributed by atoms with Gasteiger partial charge in [-0.15, -0.1) is 0 Å². The van der Waals surface area contributed by atoms with Crippen LogP contribution in [0.4, 0.5) is 0 Å². The van der Waals surface area contributed by atoms with Crippen molar-refractivity contribution in [2.24, 2.45) is 5.73 Å². The van der Waals surface area contributed by atoms with Gasteiger partial charge in [0, 0.05) is 25.0 Å². The summed E-state index contributed by atoms with van der Waals surface area (Å²) in [5.74, 6) is -2.14. The zero-order valence-electron chi connectivity index (χ0n) is 16.4. The summed E-state index contributed by atoms with van der Waals surface area (Å²) in [6.07, 6.45) is -1.18. The van der Waals surface area contributed by atoms with Crippen LogP contribution < -0.4 is 11.3 Å². The Bertz CT molecular complexity index is 1170. The van der Waals surface area contributed by atoms with Crippen molar-refractivity contribution in [3.05, 3.63) is 76.2 Å². The second kappa shape index (κ2) is 8.56. The molecule has 30 heavy (non-hydrogen) atoms. The minimum absolute atomic E-state index is 0.137. The molecule has 0 saturated carbocycles. The number of nitrogens with zero attached hydrogens (tertiary/aromatic N) is 3. The summed E-state index contributed by atoms with van der Waals surface area (Å²) in [5.41, 5.74) is 5.15. The fourth-order valence-electron chi connectivity index (χ4n) is 2.94. The quantitative estimate of drug-likeness (QED) is 0.604. The van der Waals surface area contributed by atoms with Crippen molar-refractivity contribution < 1.29 is 19.1 Å². The molecule has 1 aromatic heterocycles. The van der Waals surface area contributed by atoms with Crippen LogP contribution in [0.2, 0.25) is 0 Å². The molecule has 154 valence electrons. The highest BCUT2D eigenvalue weighted by molar-refractivity contribution is 6.04. The van der Waals surface area contributed by atoms with E-state index in [9.17, 15) is 19.2 Å². The Morgan fingerprint density at radius 1 is 1.03 bits per heavy atom. The topological polar surface area (TPSA) is 125 Å². The lowest BCUT2D eigenvalue weighted by Crippen LogP contribution is -2.34. The highest BCUT2D eigenvalue weighted by Crippen LogP contribution is 2.20. The summed E-state index contributed by atoms with van der Waals surface area (Å²) in [6, 6.07) is 14.8. The van der Waals surface area contributed by atoms with Crippen molar-refractivity contribution >= 4 is 28.6 Å². The van der Waals surface area contributed by atoms with E-state index < -0.39 is 36.0 Å². The van der Waals surface area contributed by atoms with Gasteiger partial charge in [0.05, 0.1) is 5.39 Å². The van der Waals surface area contributed by atoms with Gasteiger partial charge in [0.2, 0.25) is 6.10 Å². The lowest BCUT2D eigenvalue weighted by atomic mass is 10.1. The molecule has 0 bridgehead atoms. The monoisotopic (exact) mass is 408 g/mol. The molecule has 1 atom stereocenters. The number of rotatable bonds is 6. The molecule has 0 radical (unpaired) electrons. The third-order valence-electron chi connectivity index (χ3n) is 4.40. The molecule has 2 aromatic carbocycles. The van der Waals surface area contributed by atoms with E-state index in [0.717, 1.165) is 4.68 Å². The second-order valence-electron chi connectivity index (χ2n) is 6.73. The third-order valence-corrected chi connectivity index (χ3v) is 4.40. The Hall–Kier alpha value is -4.01. The molecular formula is C21H20N4O5. The van der Waals surface area contributed by atoms with Gasteiger partial charge in [0.25, 0.3) is 17.4 Å². The van der Waals surface area contributed by atoms with Crippen molar-refractivity contribution in [1.29, 1.82) is 0 Å². The number of fused-ring (bicyclic) bond motifs is 1. The number of likely N-dealkylation sites (N-methyl/N-ethyl adjacent to an activating group) is 1. The van der Waals surface area contributed by atoms with Crippen LogP contribution in [-0.2, 0) is 20.9 Å². The normalized spacial score (nSPS) is 11.7. The first-order valence-corrected chi connectivity index (χ1v) is 9.05. The molecule has 0 unspecified atom stereocenters. The number of nitrogens with two attached hydrogens (primary N) is 1. The molecule has 0 aliphatic heterocycles. The first-order valence-electron chi connectivity index (χ1n) is 9.05. The molecule has 2 N–H and O–H groups in total. The highest BCUT2D eigenvalue weighted by Gasteiger charge is 2.27. The fraction of sp³-hybridized carbons (Fsp3) is 0.190. The number of hydrogen-bond donors (Lipinski definition) is 1. The van der Waals surface area contributed by atoms with Gasteiger partial charge in [-0.25, -0.2) is 4.68 Å². The van der Waals surface area contributed by atoms with Gasteiger partial charge in [0.15, 0.2) is 5.69 Å².